The average molecular weight is 491 g/mol. The van der Waals surface area contributed by atoms with Crippen molar-refractivity contribution in [1.82, 2.24) is 0 Å². The molecule has 0 aromatic heterocycles. The van der Waals surface area contributed by atoms with E-state index in [1.54, 1.807) is 0 Å². The Morgan fingerprint density at radius 3 is 2.09 bits per heavy atom. The molecule has 5 saturated carbocycles. The summed E-state index contributed by atoms with van der Waals surface area (Å²) in [5.74, 6) is 0.577. The lowest BCUT2D eigenvalue weighted by molar-refractivity contribution is -0.213. The van der Waals surface area contributed by atoms with Crippen LogP contribution in [0.4, 0.5) is 0 Å². The zero-order valence-corrected chi connectivity index (χ0v) is 23.1. The van der Waals surface area contributed by atoms with Gasteiger partial charge in [-0.2, -0.15) is 0 Å². The summed E-state index contributed by atoms with van der Waals surface area (Å²) in [5, 5.41) is 45.0. The molecule has 5 aliphatic carbocycles. The number of hydrogen-bond acceptors (Lipinski definition) is 5. The van der Waals surface area contributed by atoms with Crippen LogP contribution in [0.3, 0.4) is 0 Å². The zero-order chi connectivity index (χ0) is 25.6. The van der Waals surface area contributed by atoms with Crippen LogP contribution in [-0.2, 0) is 4.74 Å². The Kier molecular flexibility index (Phi) is 4.92. The Hall–Kier alpha value is -0.200. The van der Waals surface area contributed by atoms with Crippen molar-refractivity contribution >= 4 is 0 Å². The lowest BCUT2D eigenvalue weighted by atomic mass is 9.41. The fourth-order valence-electron chi connectivity index (χ4n) is 12.1. The first-order valence-electron chi connectivity index (χ1n) is 14.4. The molecule has 12 atom stereocenters. The molecule has 0 radical (unpaired) electrons. The van der Waals surface area contributed by atoms with Gasteiger partial charge in [-0.05, 0) is 117 Å². The lowest BCUT2D eigenvalue weighted by Gasteiger charge is -2.64. The van der Waals surface area contributed by atoms with Crippen molar-refractivity contribution in [2.24, 2.45) is 44.8 Å². The third kappa shape index (κ3) is 2.78. The molecule has 35 heavy (non-hydrogen) atoms. The average Bonchev–Trinajstić information content (AvgIpc) is 3.08. The van der Waals surface area contributed by atoms with Crippen LogP contribution in [0.5, 0.6) is 0 Å². The van der Waals surface area contributed by atoms with E-state index in [2.05, 4.69) is 34.6 Å². The predicted molar refractivity (Wildman–Crippen MR) is 134 cm³/mol. The highest BCUT2D eigenvalue weighted by molar-refractivity contribution is 5.33. The van der Waals surface area contributed by atoms with Crippen molar-refractivity contribution in [2.75, 3.05) is 0 Å². The molecule has 4 N–H and O–H groups in total. The number of hydrogen-bond donors (Lipinski definition) is 4. The van der Waals surface area contributed by atoms with Gasteiger partial charge in [0.25, 0.3) is 0 Å². The summed E-state index contributed by atoms with van der Waals surface area (Å²) in [4.78, 5) is 0. The van der Waals surface area contributed by atoms with Gasteiger partial charge in [0.05, 0.1) is 35.6 Å². The van der Waals surface area contributed by atoms with Crippen molar-refractivity contribution in [3.8, 4) is 0 Å². The van der Waals surface area contributed by atoms with Crippen LogP contribution in [0.2, 0.25) is 0 Å². The fourth-order valence-corrected chi connectivity index (χ4v) is 12.1. The maximum absolute atomic E-state index is 11.7. The zero-order valence-electron chi connectivity index (χ0n) is 23.1. The molecule has 6 fully saturated rings. The Morgan fingerprint density at radius 2 is 1.46 bits per heavy atom. The highest BCUT2D eigenvalue weighted by Crippen LogP contribution is 2.89. The third-order valence-electron chi connectivity index (χ3n) is 13.8. The monoisotopic (exact) mass is 490 g/mol. The van der Waals surface area contributed by atoms with Crippen LogP contribution in [0, 0.1) is 44.8 Å². The summed E-state index contributed by atoms with van der Waals surface area (Å²) in [6.07, 6.45) is 7.18. The van der Waals surface area contributed by atoms with Gasteiger partial charge in [0.2, 0.25) is 0 Å². The highest BCUT2D eigenvalue weighted by atomic mass is 16.5. The number of aliphatic hydroxyl groups excluding tert-OH is 3. The van der Waals surface area contributed by atoms with E-state index in [0.29, 0.717) is 5.92 Å². The lowest BCUT2D eigenvalue weighted by Crippen LogP contribution is -2.62. The molecule has 200 valence electrons. The van der Waals surface area contributed by atoms with Crippen LogP contribution in [0.25, 0.3) is 0 Å². The summed E-state index contributed by atoms with van der Waals surface area (Å²) in [5.41, 5.74) is -1.35. The van der Waals surface area contributed by atoms with Crippen molar-refractivity contribution in [3.63, 3.8) is 0 Å². The summed E-state index contributed by atoms with van der Waals surface area (Å²) in [7, 11) is 0. The fraction of sp³-hybridized carbons (Fsp3) is 1.00. The van der Waals surface area contributed by atoms with E-state index >= 15 is 0 Å². The molecular weight excluding hydrogens is 440 g/mol. The molecule has 5 nitrogen and oxygen atoms in total. The van der Waals surface area contributed by atoms with E-state index < -0.39 is 23.4 Å². The Labute approximate surface area is 212 Å². The smallest absolute Gasteiger partial charge is 0.0865 e. The predicted octanol–water partition coefficient (Wildman–Crippen LogP) is 4.44. The SMILES string of the molecule is CC(C)(O)[C@@H]1CC[C@](C)([C@H]2[C@@H](O)C[C@@]3(C)C4C[C@H](O)C5C(C)(C)[C@@H](O)CC[C@@]56C[C@@]46CC[C@]23C)O1. The number of rotatable bonds is 2. The highest BCUT2D eigenvalue weighted by Gasteiger charge is 2.84. The number of fused-ring (bicyclic) bond motifs is 2. The van der Waals surface area contributed by atoms with Gasteiger partial charge >= 0.3 is 0 Å². The van der Waals surface area contributed by atoms with Crippen molar-refractivity contribution in [1.29, 1.82) is 0 Å². The minimum Gasteiger partial charge on any atom is -0.393 e. The maximum atomic E-state index is 11.7. The summed E-state index contributed by atoms with van der Waals surface area (Å²) in [6.45, 7) is 15.0. The van der Waals surface area contributed by atoms with Gasteiger partial charge in [0, 0.05) is 5.92 Å². The molecule has 1 heterocycles. The molecule has 1 saturated heterocycles. The second kappa shape index (κ2) is 6.86. The third-order valence-corrected chi connectivity index (χ3v) is 13.8. The van der Waals surface area contributed by atoms with Crippen LogP contribution in [0.1, 0.15) is 106 Å². The standard InChI is InChI=1S/C30H50O5/c1-24(2)20(33)8-11-30-16-29(30)13-12-26(5)23(28(7)10-9-21(35-28)25(3,4)34)18(32)15-27(26,6)19(29)14-17(31)22(24)30/h17-23,31-34H,8-16H2,1-7H3/t17-,18-,19?,20-,21-,22?,23-,26+,27-,28+,29-,30+/m0/s1. The first-order valence-corrected chi connectivity index (χ1v) is 14.4. The molecule has 2 unspecified atom stereocenters. The van der Waals surface area contributed by atoms with E-state index in [-0.39, 0.29) is 51.1 Å². The van der Waals surface area contributed by atoms with Gasteiger partial charge < -0.3 is 25.2 Å². The maximum Gasteiger partial charge on any atom is 0.0865 e. The molecule has 0 aromatic carbocycles. The molecule has 6 rings (SSSR count). The Bertz CT molecular complexity index is 911. The van der Waals surface area contributed by atoms with Gasteiger partial charge in [-0.25, -0.2) is 0 Å². The molecule has 0 bridgehead atoms. The van der Waals surface area contributed by atoms with Crippen LogP contribution in [-0.4, -0.2) is 56.0 Å². The van der Waals surface area contributed by atoms with Crippen LogP contribution < -0.4 is 0 Å². The normalized spacial score (nSPS) is 60.9. The summed E-state index contributed by atoms with van der Waals surface area (Å²) in [6, 6.07) is 0. The molecule has 5 heteroatoms. The van der Waals surface area contributed by atoms with E-state index in [1.807, 2.05) is 13.8 Å². The molecule has 6 aliphatic rings. The first kappa shape index (κ1) is 25.1. The Morgan fingerprint density at radius 1 is 0.771 bits per heavy atom. The van der Waals surface area contributed by atoms with Gasteiger partial charge in [-0.15, -0.1) is 0 Å². The first-order chi connectivity index (χ1) is 16.0. The summed E-state index contributed by atoms with van der Waals surface area (Å²) < 4.78 is 6.66. The molecule has 0 aromatic rings. The molecule has 0 amide bonds. The van der Waals surface area contributed by atoms with Gasteiger partial charge in [-0.1, -0.05) is 27.7 Å². The Balaban J connectivity index is 1.37. The van der Waals surface area contributed by atoms with Crippen molar-refractivity contribution in [2.45, 2.75) is 142 Å². The van der Waals surface area contributed by atoms with E-state index in [0.717, 1.165) is 51.4 Å². The quantitative estimate of drug-likeness (QED) is 0.460. The van der Waals surface area contributed by atoms with Crippen molar-refractivity contribution in [3.05, 3.63) is 0 Å². The number of ether oxygens (including phenoxy) is 1. The molecule has 2 spiro atoms. The van der Waals surface area contributed by atoms with E-state index in [4.69, 9.17) is 4.74 Å². The van der Waals surface area contributed by atoms with Crippen LogP contribution >= 0.6 is 0 Å². The van der Waals surface area contributed by atoms with E-state index in [9.17, 15) is 20.4 Å². The van der Waals surface area contributed by atoms with Gasteiger partial charge in [0.15, 0.2) is 0 Å². The molecule has 1 aliphatic heterocycles. The summed E-state index contributed by atoms with van der Waals surface area (Å²) >= 11 is 0. The van der Waals surface area contributed by atoms with Crippen molar-refractivity contribution < 1.29 is 25.2 Å². The number of aliphatic hydroxyl groups is 4. The topological polar surface area (TPSA) is 90.2 Å². The minimum atomic E-state index is -0.886. The second-order valence-electron chi connectivity index (χ2n) is 15.9. The second-order valence-corrected chi connectivity index (χ2v) is 15.9. The molecular formula is C30H50O5. The largest absolute Gasteiger partial charge is 0.393 e. The minimum absolute atomic E-state index is 0.0267. The van der Waals surface area contributed by atoms with Crippen LogP contribution in [0.15, 0.2) is 0 Å². The van der Waals surface area contributed by atoms with Gasteiger partial charge in [0.1, 0.15) is 0 Å². The van der Waals surface area contributed by atoms with E-state index in [1.165, 1.54) is 6.42 Å². The van der Waals surface area contributed by atoms with Gasteiger partial charge in [-0.3, -0.25) is 0 Å².